The average molecular weight is 306 g/mol. The third-order valence-electron chi connectivity index (χ3n) is 1.69. The van der Waals surface area contributed by atoms with Crippen molar-refractivity contribution in [2.75, 3.05) is 0 Å². The van der Waals surface area contributed by atoms with Crippen molar-refractivity contribution < 1.29 is 22.8 Å². The maximum atomic E-state index is 10.8. The van der Waals surface area contributed by atoms with E-state index in [0.29, 0.717) is 12.1 Å². The normalized spacial score (nSPS) is 10.6. The van der Waals surface area contributed by atoms with Crippen LogP contribution in [0.3, 0.4) is 0 Å². The Morgan fingerprint density at radius 1 is 1.17 bits per heavy atom. The predicted molar refractivity (Wildman–Crippen MR) is 60.3 cm³/mol. The van der Waals surface area contributed by atoms with Gasteiger partial charge in [0.1, 0.15) is 9.92 Å². The topological polar surface area (TPSA) is 141 Å². The van der Waals surface area contributed by atoms with Crippen LogP contribution in [0.2, 0.25) is 5.02 Å². The number of halogens is 1. The molecule has 0 fully saturated rings. The number of nitro groups is 2. The molecule has 12 heteroatoms. The summed E-state index contributed by atoms with van der Waals surface area (Å²) in [6.07, 6.45) is 0. The maximum absolute atomic E-state index is 10.8. The summed E-state index contributed by atoms with van der Waals surface area (Å²) in [5.41, 5.74) is -1.85. The SMILES string of the molecule is O=[N+]([O-])c1cc([N+](=O)[O-])c(Cl)c(S(=O)(=O)O)c1.[Na]. The molecule has 0 aliphatic carbocycles. The summed E-state index contributed by atoms with van der Waals surface area (Å²) >= 11 is 5.36. The van der Waals surface area contributed by atoms with Crippen molar-refractivity contribution >= 4 is 62.7 Å². The van der Waals surface area contributed by atoms with Crippen molar-refractivity contribution in [2.24, 2.45) is 0 Å². The molecule has 9 nitrogen and oxygen atoms in total. The van der Waals surface area contributed by atoms with Crippen LogP contribution in [-0.2, 0) is 10.1 Å². The predicted octanol–water partition coefficient (Wildman–Crippen LogP) is 1.02. The fraction of sp³-hybridized carbons (Fsp3) is 0. The monoisotopic (exact) mass is 305 g/mol. The number of benzene rings is 1. The van der Waals surface area contributed by atoms with E-state index in [1.807, 2.05) is 0 Å². The number of rotatable bonds is 3. The zero-order valence-corrected chi connectivity index (χ0v) is 12.3. The Bertz CT molecular complexity index is 617. The number of hydrogen-bond acceptors (Lipinski definition) is 6. The average Bonchev–Trinajstić information content (AvgIpc) is 2.15. The molecule has 93 valence electrons. The molecule has 0 heterocycles. The van der Waals surface area contributed by atoms with Crippen LogP contribution in [0.4, 0.5) is 11.4 Å². The Morgan fingerprint density at radius 2 is 1.67 bits per heavy atom. The molecule has 0 aliphatic heterocycles. The van der Waals surface area contributed by atoms with Crippen LogP contribution in [-0.4, -0.2) is 52.4 Å². The standard InChI is InChI=1S/C6H3ClN2O7S.Na/c7-6-4(9(12)13)1-3(8(10)11)2-5(6)17(14,15)16;/h1-2H,(H,14,15,16);. The summed E-state index contributed by atoms with van der Waals surface area (Å²) in [5, 5.41) is 20.0. The first-order valence-corrected chi connectivity index (χ1v) is 5.56. The smallest absolute Gasteiger partial charge is 0.282 e. The van der Waals surface area contributed by atoms with Gasteiger partial charge in [0.25, 0.3) is 21.5 Å². The van der Waals surface area contributed by atoms with Crippen LogP contribution in [0.5, 0.6) is 0 Å². The van der Waals surface area contributed by atoms with Crippen LogP contribution in [0.1, 0.15) is 0 Å². The third kappa shape index (κ3) is 3.60. The van der Waals surface area contributed by atoms with Crippen molar-refractivity contribution in [1.29, 1.82) is 0 Å². The van der Waals surface area contributed by atoms with Gasteiger partial charge in [0.15, 0.2) is 0 Å². The third-order valence-corrected chi connectivity index (χ3v) is 3.08. The molecule has 18 heavy (non-hydrogen) atoms. The minimum atomic E-state index is -4.89. The zero-order valence-electron chi connectivity index (χ0n) is 8.73. The van der Waals surface area contributed by atoms with E-state index in [1.54, 1.807) is 0 Å². The largest absolute Gasteiger partial charge is 0.296 e. The van der Waals surface area contributed by atoms with E-state index in [-0.39, 0.29) is 29.6 Å². The van der Waals surface area contributed by atoms with Crippen molar-refractivity contribution in [2.45, 2.75) is 4.90 Å². The Hall–Kier alpha value is -0.780. The Labute approximate surface area is 127 Å². The van der Waals surface area contributed by atoms with Crippen LogP contribution in [0.15, 0.2) is 17.0 Å². The van der Waals surface area contributed by atoms with Gasteiger partial charge in [0.05, 0.1) is 15.9 Å². The molecule has 0 spiro atoms. The molecule has 1 N–H and O–H groups in total. The van der Waals surface area contributed by atoms with E-state index < -0.39 is 41.3 Å². The fourth-order valence-corrected chi connectivity index (χ4v) is 2.07. The molecule has 0 atom stereocenters. The summed E-state index contributed by atoms with van der Waals surface area (Å²) in [6.45, 7) is 0. The fourth-order valence-electron chi connectivity index (χ4n) is 0.995. The van der Waals surface area contributed by atoms with Gasteiger partial charge < -0.3 is 0 Å². The molecule has 1 aromatic rings. The van der Waals surface area contributed by atoms with Crippen LogP contribution < -0.4 is 0 Å². The summed E-state index contributed by atoms with van der Waals surface area (Å²) in [5.74, 6) is 0. The minimum Gasteiger partial charge on any atom is -0.282 e. The Balaban J connectivity index is 0.00000289. The van der Waals surface area contributed by atoms with Gasteiger partial charge >= 0.3 is 0 Å². The summed E-state index contributed by atoms with van der Waals surface area (Å²) < 4.78 is 30.4. The molecule has 1 radical (unpaired) electrons. The summed E-state index contributed by atoms with van der Waals surface area (Å²) in [7, 11) is -4.89. The second kappa shape index (κ2) is 5.91. The first-order valence-electron chi connectivity index (χ1n) is 3.74. The van der Waals surface area contributed by atoms with Crippen molar-refractivity contribution in [3.63, 3.8) is 0 Å². The van der Waals surface area contributed by atoms with E-state index in [4.69, 9.17) is 16.2 Å². The molecule has 0 saturated carbocycles. The van der Waals surface area contributed by atoms with Gasteiger partial charge in [0, 0.05) is 35.6 Å². The maximum Gasteiger partial charge on any atom is 0.296 e. The van der Waals surface area contributed by atoms with E-state index >= 15 is 0 Å². The van der Waals surface area contributed by atoms with E-state index in [2.05, 4.69) is 0 Å². The molecular weight excluding hydrogens is 303 g/mol. The van der Waals surface area contributed by atoms with Crippen LogP contribution >= 0.6 is 11.6 Å². The van der Waals surface area contributed by atoms with Crippen molar-refractivity contribution in [3.05, 3.63) is 37.4 Å². The number of hydrogen-bond donors (Lipinski definition) is 1. The number of nitro benzene ring substituents is 2. The van der Waals surface area contributed by atoms with E-state index in [1.165, 1.54) is 0 Å². The molecule has 1 rings (SSSR count). The van der Waals surface area contributed by atoms with Gasteiger partial charge in [0.2, 0.25) is 0 Å². The van der Waals surface area contributed by atoms with Gasteiger partial charge in [-0.25, -0.2) is 0 Å². The first-order chi connectivity index (χ1) is 7.64. The molecule has 0 aromatic heterocycles. The summed E-state index contributed by atoms with van der Waals surface area (Å²) in [6, 6.07) is 0.932. The van der Waals surface area contributed by atoms with Crippen molar-refractivity contribution in [1.82, 2.24) is 0 Å². The van der Waals surface area contributed by atoms with Gasteiger partial charge in [-0.1, -0.05) is 11.6 Å². The first kappa shape index (κ1) is 17.2. The second-order valence-electron chi connectivity index (χ2n) is 2.77. The van der Waals surface area contributed by atoms with E-state index in [0.717, 1.165) is 0 Å². The number of non-ortho nitro benzene ring substituents is 1. The van der Waals surface area contributed by atoms with Crippen LogP contribution in [0.25, 0.3) is 0 Å². The van der Waals surface area contributed by atoms with Gasteiger partial charge in [-0.3, -0.25) is 24.8 Å². The Kier molecular flexibility index (Phi) is 5.65. The number of nitrogens with zero attached hydrogens (tertiary/aromatic N) is 2. The molecule has 0 saturated heterocycles. The molecule has 0 bridgehead atoms. The minimum absolute atomic E-state index is 0. The van der Waals surface area contributed by atoms with Gasteiger partial charge in [-0.15, -0.1) is 0 Å². The molecule has 0 aliphatic rings. The van der Waals surface area contributed by atoms with Crippen molar-refractivity contribution in [3.8, 4) is 0 Å². The quantitative estimate of drug-likeness (QED) is 0.380. The summed E-state index contributed by atoms with van der Waals surface area (Å²) in [4.78, 5) is 17.7. The van der Waals surface area contributed by atoms with E-state index in [9.17, 15) is 28.6 Å². The molecular formula is C6H3ClN2NaO7S. The molecule has 1 aromatic carbocycles. The van der Waals surface area contributed by atoms with Gasteiger partial charge in [-0.05, 0) is 0 Å². The molecule has 0 unspecified atom stereocenters. The molecule has 0 amide bonds. The Morgan fingerprint density at radius 3 is 2.00 bits per heavy atom. The zero-order chi connectivity index (χ0) is 13.4. The second-order valence-corrected chi connectivity index (χ2v) is 4.53. The van der Waals surface area contributed by atoms with Crippen LogP contribution in [0, 0.1) is 20.2 Å². The van der Waals surface area contributed by atoms with Gasteiger partial charge in [-0.2, -0.15) is 8.42 Å².